The molecule has 3 N–H and O–H groups in total. The Morgan fingerprint density at radius 1 is 1.20 bits per heavy atom. The van der Waals surface area contributed by atoms with Crippen LogP contribution in [0, 0.1) is 10.1 Å². The Bertz CT molecular complexity index is 965. The highest BCUT2D eigenvalue weighted by molar-refractivity contribution is 7.80. The van der Waals surface area contributed by atoms with Gasteiger partial charge in [0.25, 0.3) is 11.6 Å². The predicted octanol–water partition coefficient (Wildman–Crippen LogP) is 3.17. The van der Waals surface area contributed by atoms with Gasteiger partial charge in [0.1, 0.15) is 11.3 Å². The zero-order valence-corrected chi connectivity index (χ0v) is 13.4. The Morgan fingerprint density at radius 3 is 2.68 bits per heavy atom. The van der Waals surface area contributed by atoms with Crippen LogP contribution in [0.4, 0.5) is 11.4 Å². The monoisotopic (exact) mass is 357 g/mol. The molecule has 0 bridgehead atoms. The normalized spacial score (nSPS) is 10.4. The second-order valence-corrected chi connectivity index (χ2v) is 5.42. The zero-order chi connectivity index (χ0) is 18.0. The van der Waals surface area contributed by atoms with Crippen LogP contribution in [0.5, 0.6) is 5.75 Å². The van der Waals surface area contributed by atoms with Gasteiger partial charge in [0.2, 0.25) is 0 Å². The van der Waals surface area contributed by atoms with Crippen LogP contribution in [0.2, 0.25) is 0 Å². The van der Waals surface area contributed by atoms with Crippen LogP contribution < -0.4 is 10.6 Å². The molecule has 1 heterocycles. The summed E-state index contributed by atoms with van der Waals surface area (Å²) in [5, 5.41) is 26.1. The summed E-state index contributed by atoms with van der Waals surface area (Å²) < 4.78 is 5.42. The van der Waals surface area contributed by atoms with Gasteiger partial charge < -0.3 is 14.8 Å². The molecular formula is C16H11N3O5S. The number of hydrogen-bond acceptors (Lipinski definition) is 6. The van der Waals surface area contributed by atoms with E-state index in [1.807, 2.05) is 6.07 Å². The molecule has 8 nitrogen and oxygen atoms in total. The molecule has 9 heteroatoms. The number of nitro benzene ring substituents is 1. The summed E-state index contributed by atoms with van der Waals surface area (Å²) >= 11 is 5.00. The molecule has 0 aliphatic rings. The minimum Gasteiger partial charge on any atom is -0.506 e. The van der Waals surface area contributed by atoms with E-state index in [2.05, 4.69) is 10.6 Å². The van der Waals surface area contributed by atoms with Gasteiger partial charge in [0.15, 0.2) is 10.9 Å². The molecule has 3 rings (SSSR count). The summed E-state index contributed by atoms with van der Waals surface area (Å²) in [6, 6.07) is 12.1. The molecular weight excluding hydrogens is 346 g/mol. The van der Waals surface area contributed by atoms with Crippen molar-refractivity contribution in [3.63, 3.8) is 0 Å². The SMILES string of the molecule is O=C(NC(=S)Nc1cc([N+](=O)[O-])ccc1O)c1cc2ccccc2o1. The first-order chi connectivity index (χ1) is 11.9. The van der Waals surface area contributed by atoms with E-state index in [0.717, 1.165) is 23.6 Å². The van der Waals surface area contributed by atoms with Crippen molar-refractivity contribution in [3.05, 3.63) is 64.4 Å². The number of phenolic OH excluding ortho intramolecular Hbond substituents is 1. The first-order valence-corrected chi connectivity index (χ1v) is 7.43. The lowest BCUT2D eigenvalue weighted by Crippen LogP contribution is -2.33. The Kier molecular flexibility index (Phi) is 4.31. The van der Waals surface area contributed by atoms with Crippen molar-refractivity contribution < 1.29 is 19.2 Å². The molecule has 0 aliphatic carbocycles. The molecule has 0 unspecified atom stereocenters. The minimum atomic E-state index is -0.610. The number of thiocarbonyl (C=S) groups is 1. The number of fused-ring (bicyclic) bond motifs is 1. The van der Waals surface area contributed by atoms with E-state index in [-0.39, 0.29) is 28.0 Å². The van der Waals surface area contributed by atoms with Crippen LogP contribution in [-0.2, 0) is 0 Å². The Labute approximate surface area is 146 Å². The van der Waals surface area contributed by atoms with E-state index >= 15 is 0 Å². The van der Waals surface area contributed by atoms with Crippen LogP contribution in [-0.4, -0.2) is 21.0 Å². The number of amides is 1. The Balaban J connectivity index is 1.73. The van der Waals surface area contributed by atoms with Crippen LogP contribution in [0.1, 0.15) is 10.6 Å². The number of nitrogens with one attached hydrogen (secondary N) is 2. The van der Waals surface area contributed by atoms with E-state index in [1.165, 1.54) is 0 Å². The van der Waals surface area contributed by atoms with E-state index in [1.54, 1.807) is 24.3 Å². The number of rotatable bonds is 3. The number of phenols is 1. The van der Waals surface area contributed by atoms with Gasteiger partial charge in [-0.25, -0.2) is 0 Å². The van der Waals surface area contributed by atoms with Crippen molar-refractivity contribution in [1.29, 1.82) is 0 Å². The first-order valence-electron chi connectivity index (χ1n) is 7.02. The lowest BCUT2D eigenvalue weighted by molar-refractivity contribution is -0.384. The summed E-state index contributed by atoms with van der Waals surface area (Å²) in [6.45, 7) is 0. The molecule has 25 heavy (non-hydrogen) atoms. The van der Waals surface area contributed by atoms with Crippen molar-refractivity contribution in [1.82, 2.24) is 5.32 Å². The first kappa shape index (κ1) is 16.4. The number of aromatic hydroxyl groups is 1. The number of carbonyl (C=O) groups is 1. The predicted molar refractivity (Wildman–Crippen MR) is 94.7 cm³/mol. The molecule has 126 valence electrons. The van der Waals surface area contributed by atoms with E-state index in [0.29, 0.717) is 5.58 Å². The molecule has 1 amide bonds. The maximum Gasteiger partial charge on any atom is 0.293 e. The second kappa shape index (κ2) is 6.57. The fourth-order valence-corrected chi connectivity index (χ4v) is 2.35. The van der Waals surface area contributed by atoms with E-state index < -0.39 is 10.8 Å². The number of non-ortho nitro benzene ring substituents is 1. The average molecular weight is 357 g/mol. The van der Waals surface area contributed by atoms with Gasteiger partial charge in [-0.1, -0.05) is 18.2 Å². The number of furan rings is 1. The highest BCUT2D eigenvalue weighted by Crippen LogP contribution is 2.27. The van der Waals surface area contributed by atoms with Gasteiger partial charge in [0.05, 0.1) is 10.6 Å². The van der Waals surface area contributed by atoms with Crippen molar-refractivity contribution in [2.24, 2.45) is 0 Å². The van der Waals surface area contributed by atoms with Crippen molar-refractivity contribution >= 4 is 45.6 Å². The van der Waals surface area contributed by atoms with Crippen molar-refractivity contribution in [3.8, 4) is 5.75 Å². The topological polar surface area (TPSA) is 118 Å². The molecule has 1 aromatic heterocycles. The zero-order valence-electron chi connectivity index (χ0n) is 12.6. The number of anilines is 1. The fourth-order valence-electron chi connectivity index (χ4n) is 2.15. The van der Waals surface area contributed by atoms with Gasteiger partial charge in [-0.05, 0) is 30.4 Å². The smallest absolute Gasteiger partial charge is 0.293 e. The van der Waals surface area contributed by atoms with Gasteiger partial charge in [0, 0.05) is 17.5 Å². The third-order valence-electron chi connectivity index (χ3n) is 3.32. The average Bonchev–Trinajstić information content (AvgIpc) is 3.01. The van der Waals surface area contributed by atoms with Crippen LogP contribution in [0.25, 0.3) is 11.0 Å². The van der Waals surface area contributed by atoms with Gasteiger partial charge >= 0.3 is 0 Å². The maximum atomic E-state index is 12.2. The molecule has 3 aromatic rings. The van der Waals surface area contributed by atoms with Crippen LogP contribution in [0.3, 0.4) is 0 Å². The molecule has 0 aliphatic heterocycles. The third kappa shape index (κ3) is 3.56. The maximum absolute atomic E-state index is 12.2. The van der Waals surface area contributed by atoms with Crippen molar-refractivity contribution in [2.75, 3.05) is 5.32 Å². The number of nitro groups is 1. The largest absolute Gasteiger partial charge is 0.506 e. The summed E-state index contributed by atoms with van der Waals surface area (Å²) in [4.78, 5) is 22.3. The number of para-hydroxylation sites is 1. The molecule has 0 radical (unpaired) electrons. The number of carbonyl (C=O) groups excluding carboxylic acids is 1. The lowest BCUT2D eigenvalue weighted by atomic mass is 10.2. The van der Waals surface area contributed by atoms with Gasteiger partial charge in [-0.3, -0.25) is 20.2 Å². The summed E-state index contributed by atoms with van der Waals surface area (Å²) in [6.07, 6.45) is 0. The highest BCUT2D eigenvalue weighted by atomic mass is 32.1. The molecule has 0 saturated carbocycles. The molecule has 0 spiro atoms. The second-order valence-electron chi connectivity index (χ2n) is 5.02. The van der Waals surface area contributed by atoms with Crippen LogP contribution in [0.15, 0.2) is 52.9 Å². The molecule has 0 saturated heterocycles. The summed E-state index contributed by atoms with van der Waals surface area (Å²) in [7, 11) is 0. The number of nitrogens with zero attached hydrogens (tertiary/aromatic N) is 1. The van der Waals surface area contributed by atoms with Gasteiger partial charge in [-0.15, -0.1) is 0 Å². The minimum absolute atomic E-state index is 0.00380. The lowest BCUT2D eigenvalue weighted by Gasteiger charge is -2.09. The standard InChI is InChI=1S/C16H11N3O5S/c20-12-6-5-10(19(22)23)8-11(12)17-16(25)18-15(21)14-7-9-3-1-2-4-13(9)24-14/h1-8,20H,(H2,17,18,21,25). The Hall–Kier alpha value is -3.46. The van der Waals surface area contributed by atoms with Crippen LogP contribution >= 0.6 is 12.2 Å². The summed E-state index contributed by atoms with van der Waals surface area (Å²) in [5.74, 6) is -0.766. The third-order valence-corrected chi connectivity index (χ3v) is 3.52. The van der Waals surface area contributed by atoms with E-state index in [9.17, 15) is 20.0 Å². The summed E-state index contributed by atoms with van der Waals surface area (Å²) in [5.41, 5.74) is 0.332. The van der Waals surface area contributed by atoms with Crippen molar-refractivity contribution in [2.45, 2.75) is 0 Å². The molecule has 0 atom stereocenters. The van der Waals surface area contributed by atoms with Gasteiger partial charge in [-0.2, -0.15) is 0 Å². The fraction of sp³-hybridized carbons (Fsp3) is 0. The Morgan fingerprint density at radius 2 is 1.96 bits per heavy atom. The molecule has 0 fully saturated rings. The number of hydrogen-bond donors (Lipinski definition) is 3. The molecule has 2 aromatic carbocycles. The van der Waals surface area contributed by atoms with E-state index in [4.69, 9.17) is 16.6 Å². The highest BCUT2D eigenvalue weighted by Gasteiger charge is 2.15. The quantitative estimate of drug-likeness (QED) is 0.285. The number of benzene rings is 2.